The molecule has 1 aromatic heterocycles. The molecule has 0 radical (unpaired) electrons. The first-order chi connectivity index (χ1) is 15.4. The zero-order valence-electron chi connectivity index (χ0n) is 18.4. The van der Waals surface area contributed by atoms with Crippen LogP contribution >= 0.6 is 0 Å². The van der Waals surface area contributed by atoms with Crippen LogP contribution in [0.25, 0.3) is 22.5 Å². The monoisotopic (exact) mass is 433 g/mol. The topological polar surface area (TPSA) is 77.8 Å². The summed E-state index contributed by atoms with van der Waals surface area (Å²) in [7, 11) is 1.60. The predicted molar refractivity (Wildman–Crippen MR) is 124 cm³/mol. The van der Waals surface area contributed by atoms with Crippen LogP contribution in [0.2, 0.25) is 0 Å². The van der Waals surface area contributed by atoms with Crippen molar-refractivity contribution in [3.05, 3.63) is 76.2 Å². The molecule has 2 atom stereocenters. The SMILES string of the molecule is COc1ccc(-n2c(C=C[C@@H]3C[C@@H](O)CC(=O)O3)c(C(C)C)c3ccccc3c2=O)cc1. The number of nitrogens with zero attached hydrogens (tertiary/aromatic N) is 1. The Labute approximate surface area is 186 Å². The standard InChI is InChI=1S/C26H27NO5/c1-16(2)25-21-6-4-5-7-22(21)26(30)27(17-8-10-19(31-3)11-9-17)23(25)13-12-20-14-18(28)15-24(29)32-20/h4-13,16,18,20,28H,14-15H2,1-3H3/t18-,20-/m1/s1. The third-order valence-corrected chi connectivity index (χ3v) is 5.73. The summed E-state index contributed by atoms with van der Waals surface area (Å²) in [5.41, 5.74) is 2.33. The van der Waals surface area contributed by atoms with Gasteiger partial charge >= 0.3 is 5.97 Å². The van der Waals surface area contributed by atoms with E-state index in [1.54, 1.807) is 17.8 Å². The van der Waals surface area contributed by atoms with Gasteiger partial charge in [-0.1, -0.05) is 32.0 Å². The van der Waals surface area contributed by atoms with Crippen molar-refractivity contribution < 1.29 is 19.4 Å². The van der Waals surface area contributed by atoms with E-state index in [0.717, 1.165) is 16.6 Å². The van der Waals surface area contributed by atoms with E-state index in [9.17, 15) is 14.7 Å². The third-order valence-electron chi connectivity index (χ3n) is 5.73. The Balaban J connectivity index is 1.95. The van der Waals surface area contributed by atoms with Gasteiger partial charge in [-0.15, -0.1) is 0 Å². The van der Waals surface area contributed by atoms with Gasteiger partial charge in [0.15, 0.2) is 0 Å². The lowest BCUT2D eigenvalue weighted by Crippen LogP contribution is -2.31. The number of methoxy groups -OCH3 is 1. The molecule has 1 fully saturated rings. The second-order valence-corrected chi connectivity index (χ2v) is 8.32. The Morgan fingerprint density at radius 3 is 2.41 bits per heavy atom. The molecule has 0 amide bonds. The number of aromatic nitrogens is 1. The normalized spacial score (nSPS) is 19.0. The first kappa shape index (κ1) is 21.8. The summed E-state index contributed by atoms with van der Waals surface area (Å²) in [5, 5.41) is 11.5. The molecule has 6 nitrogen and oxygen atoms in total. The first-order valence-electron chi connectivity index (χ1n) is 10.8. The van der Waals surface area contributed by atoms with Gasteiger partial charge in [-0.2, -0.15) is 0 Å². The number of benzene rings is 2. The summed E-state index contributed by atoms with van der Waals surface area (Å²) in [4.78, 5) is 25.4. The van der Waals surface area contributed by atoms with Crippen LogP contribution in [-0.2, 0) is 9.53 Å². The molecule has 166 valence electrons. The van der Waals surface area contributed by atoms with Gasteiger partial charge in [0.25, 0.3) is 5.56 Å². The molecular formula is C26H27NO5. The molecule has 2 aromatic carbocycles. The number of fused-ring (bicyclic) bond motifs is 1. The third kappa shape index (κ3) is 4.18. The Kier molecular flexibility index (Phi) is 6.15. The van der Waals surface area contributed by atoms with Crippen LogP contribution in [0, 0.1) is 0 Å². The van der Waals surface area contributed by atoms with E-state index in [-0.39, 0.29) is 17.9 Å². The molecule has 0 unspecified atom stereocenters. The molecule has 6 heteroatoms. The number of ether oxygens (including phenoxy) is 2. The van der Waals surface area contributed by atoms with Crippen molar-refractivity contribution in [3.8, 4) is 11.4 Å². The Morgan fingerprint density at radius 1 is 1.09 bits per heavy atom. The molecule has 32 heavy (non-hydrogen) atoms. The van der Waals surface area contributed by atoms with Gasteiger partial charge < -0.3 is 14.6 Å². The zero-order chi connectivity index (χ0) is 22.8. The molecule has 0 aliphatic carbocycles. The number of esters is 1. The van der Waals surface area contributed by atoms with E-state index >= 15 is 0 Å². The maximum atomic E-state index is 13.6. The minimum absolute atomic E-state index is 0.00805. The Bertz CT molecular complexity index is 1220. The maximum absolute atomic E-state index is 13.6. The summed E-state index contributed by atoms with van der Waals surface area (Å²) in [6.07, 6.45) is 2.67. The first-order valence-corrected chi connectivity index (χ1v) is 10.8. The van der Waals surface area contributed by atoms with Gasteiger partial charge in [0.1, 0.15) is 11.9 Å². The number of hydrogen-bond donors (Lipinski definition) is 1. The molecule has 4 rings (SSSR count). The van der Waals surface area contributed by atoms with E-state index in [1.807, 2.05) is 54.6 Å². The number of aliphatic hydroxyl groups excluding tert-OH is 1. The minimum Gasteiger partial charge on any atom is -0.497 e. The number of aliphatic hydroxyl groups is 1. The largest absolute Gasteiger partial charge is 0.497 e. The van der Waals surface area contributed by atoms with E-state index in [4.69, 9.17) is 9.47 Å². The molecule has 1 aliphatic heterocycles. The van der Waals surface area contributed by atoms with Gasteiger partial charge in [0.05, 0.1) is 25.3 Å². The van der Waals surface area contributed by atoms with E-state index in [0.29, 0.717) is 23.2 Å². The van der Waals surface area contributed by atoms with Crippen LogP contribution in [0.15, 0.2) is 59.4 Å². The van der Waals surface area contributed by atoms with Crippen LogP contribution in [0.4, 0.5) is 0 Å². The van der Waals surface area contributed by atoms with Gasteiger partial charge in [-0.3, -0.25) is 14.2 Å². The van der Waals surface area contributed by atoms with Crippen LogP contribution in [-0.4, -0.2) is 35.0 Å². The van der Waals surface area contributed by atoms with Crippen molar-refractivity contribution in [2.24, 2.45) is 0 Å². The highest BCUT2D eigenvalue weighted by Gasteiger charge is 2.26. The molecule has 0 spiro atoms. The molecule has 3 aromatic rings. The van der Waals surface area contributed by atoms with Crippen LogP contribution in [0.1, 0.15) is 43.9 Å². The molecule has 1 N–H and O–H groups in total. The lowest BCUT2D eigenvalue weighted by atomic mass is 9.93. The quantitative estimate of drug-likeness (QED) is 0.610. The average Bonchev–Trinajstić information content (AvgIpc) is 2.77. The summed E-state index contributed by atoms with van der Waals surface area (Å²) < 4.78 is 12.3. The van der Waals surface area contributed by atoms with Crippen LogP contribution in [0.3, 0.4) is 0 Å². The molecule has 0 bridgehead atoms. The van der Waals surface area contributed by atoms with Gasteiger partial charge in [0, 0.05) is 17.5 Å². The second kappa shape index (κ2) is 9.01. The fourth-order valence-corrected chi connectivity index (χ4v) is 4.28. The van der Waals surface area contributed by atoms with Gasteiger partial charge in [0.2, 0.25) is 0 Å². The number of pyridine rings is 1. The number of cyclic esters (lactones) is 1. The number of rotatable bonds is 5. The smallest absolute Gasteiger partial charge is 0.309 e. The minimum atomic E-state index is -0.726. The summed E-state index contributed by atoms with van der Waals surface area (Å²) >= 11 is 0. The van der Waals surface area contributed by atoms with Crippen molar-refractivity contribution in [1.29, 1.82) is 0 Å². The van der Waals surface area contributed by atoms with E-state index in [1.165, 1.54) is 0 Å². The zero-order valence-corrected chi connectivity index (χ0v) is 18.4. The van der Waals surface area contributed by atoms with Crippen LogP contribution in [0.5, 0.6) is 5.75 Å². The van der Waals surface area contributed by atoms with Crippen molar-refractivity contribution in [2.75, 3.05) is 7.11 Å². The van der Waals surface area contributed by atoms with Gasteiger partial charge in [-0.05, 0) is 59.4 Å². The Hall–Kier alpha value is -3.38. The molecule has 1 saturated heterocycles. The molecule has 1 aliphatic rings. The number of carbonyl (C=O) groups is 1. The second-order valence-electron chi connectivity index (χ2n) is 8.32. The van der Waals surface area contributed by atoms with Crippen molar-refractivity contribution >= 4 is 22.8 Å². The van der Waals surface area contributed by atoms with Gasteiger partial charge in [-0.25, -0.2) is 0 Å². The molecule has 2 heterocycles. The highest BCUT2D eigenvalue weighted by Crippen LogP contribution is 2.30. The summed E-state index contributed by atoms with van der Waals surface area (Å²) in [5.74, 6) is 0.407. The lowest BCUT2D eigenvalue weighted by Gasteiger charge is -2.24. The highest BCUT2D eigenvalue weighted by molar-refractivity contribution is 5.88. The maximum Gasteiger partial charge on any atom is 0.309 e. The van der Waals surface area contributed by atoms with Crippen molar-refractivity contribution in [3.63, 3.8) is 0 Å². The van der Waals surface area contributed by atoms with Crippen molar-refractivity contribution in [1.82, 2.24) is 4.57 Å². The molecule has 0 saturated carbocycles. The number of hydrogen-bond acceptors (Lipinski definition) is 5. The van der Waals surface area contributed by atoms with E-state index in [2.05, 4.69) is 13.8 Å². The highest BCUT2D eigenvalue weighted by atomic mass is 16.5. The van der Waals surface area contributed by atoms with E-state index < -0.39 is 18.2 Å². The average molecular weight is 434 g/mol. The fraction of sp³-hybridized carbons (Fsp3) is 0.308. The summed E-state index contributed by atoms with van der Waals surface area (Å²) in [6, 6.07) is 14.9. The van der Waals surface area contributed by atoms with Crippen molar-refractivity contribution in [2.45, 2.75) is 44.8 Å². The summed E-state index contributed by atoms with van der Waals surface area (Å²) in [6.45, 7) is 4.18. The fourth-order valence-electron chi connectivity index (χ4n) is 4.28. The van der Waals surface area contributed by atoms with Crippen LogP contribution < -0.4 is 10.3 Å². The molecular weight excluding hydrogens is 406 g/mol. The predicted octanol–water partition coefficient (Wildman–Crippen LogP) is 4.20. The Morgan fingerprint density at radius 2 is 1.78 bits per heavy atom. The number of carbonyl (C=O) groups excluding carboxylic acids is 1. The lowest BCUT2D eigenvalue weighted by molar-refractivity contribution is -0.156.